The lowest BCUT2D eigenvalue weighted by molar-refractivity contribution is -0.152. The second kappa shape index (κ2) is 11.1. The Kier molecular flexibility index (Phi) is 8.47. The molecule has 0 aliphatic carbocycles. The molecule has 2 aliphatic rings. The first-order valence-electron chi connectivity index (χ1n) is 11.5. The summed E-state index contributed by atoms with van der Waals surface area (Å²) in [4.78, 5) is 38.9. The van der Waals surface area contributed by atoms with Crippen molar-refractivity contribution in [2.75, 3.05) is 32.8 Å². The molecular weight excluding hydrogens is 448 g/mol. The fourth-order valence-corrected chi connectivity index (χ4v) is 5.73. The fourth-order valence-electron chi connectivity index (χ4n) is 4.17. The minimum atomic E-state index is -3.68. The number of hydrogen-bond acceptors (Lipinski definition) is 7. The molecule has 1 atom stereocenters. The molecule has 33 heavy (non-hydrogen) atoms. The van der Waals surface area contributed by atoms with Crippen molar-refractivity contribution in [3.8, 4) is 0 Å². The van der Waals surface area contributed by atoms with Crippen LogP contribution in [-0.4, -0.2) is 74.4 Å². The third kappa shape index (κ3) is 6.11. The van der Waals surface area contributed by atoms with Crippen LogP contribution in [0.4, 0.5) is 0 Å². The Labute approximate surface area is 195 Å². The topological polar surface area (TPSA) is 110 Å². The van der Waals surface area contributed by atoms with E-state index < -0.39 is 22.1 Å². The lowest BCUT2D eigenvalue weighted by Gasteiger charge is -2.32. The van der Waals surface area contributed by atoms with E-state index in [1.807, 2.05) is 0 Å². The molecule has 2 heterocycles. The quantitative estimate of drug-likeness (QED) is 0.550. The van der Waals surface area contributed by atoms with Gasteiger partial charge in [-0.25, -0.2) is 13.2 Å². The number of hydrogen-bond donors (Lipinski definition) is 0. The van der Waals surface area contributed by atoms with Crippen LogP contribution in [-0.2, 0) is 29.1 Å². The molecule has 1 amide bonds. The number of sulfonamides is 1. The van der Waals surface area contributed by atoms with Gasteiger partial charge in [0, 0.05) is 26.2 Å². The smallest absolute Gasteiger partial charge is 0.338 e. The molecule has 10 heteroatoms. The van der Waals surface area contributed by atoms with Gasteiger partial charge in [-0.1, -0.05) is 12.5 Å². The van der Waals surface area contributed by atoms with Crippen LogP contribution in [0.2, 0.25) is 0 Å². The largest absolute Gasteiger partial charge is 0.466 e. The van der Waals surface area contributed by atoms with Gasteiger partial charge in [0.15, 0.2) is 6.10 Å². The molecule has 3 rings (SSSR count). The van der Waals surface area contributed by atoms with Crippen molar-refractivity contribution in [3.05, 3.63) is 29.8 Å². The molecule has 9 nitrogen and oxygen atoms in total. The van der Waals surface area contributed by atoms with Crippen LogP contribution in [0.15, 0.2) is 29.2 Å². The standard InChI is InChI=1S/C23H32N2O7S/c1-3-31-22(27)18-10-14-24(15-11-18)21(26)17(2)32-23(28)19-8-7-9-20(16-19)33(29,30)25-12-5-4-6-13-25/h7-9,16-18H,3-6,10-15H2,1-2H3. The lowest BCUT2D eigenvalue weighted by atomic mass is 9.97. The van der Waals surface area contributed by atoms with Gasteiger partial charge in [-0.2, -0.15) is 4.31 Å². The molecule has 1 aromatic carbocycles. The summed E-state index contributed by atoms with van der Waals surface area (Å²) in [6, 6.07) is 5.73. The third-order valence-electron chi connectivity index (χ3n) is 6.08. The number of esters is 2. The Morgan fingerprint density at radius 2 is 1.73 bits per heavy atom. The molecule has 0 saturated carbocycles. The Bertz CT molecular complexity index is 965. The van der Waals surface area contributed by atoms with Gasteiger partial charge >= 0.3 is 11.9 Å². The van der Waals surface area contributed by atoms with Crippen LogP contribution in [0.3, 0.4) is 0 Å². The number of nitrogens with zero attached hydrogens (tertiary/aromatic N) is 2. The average molecular weight is 481 g/mol. The van der Waals surface area contributed by atoms with E-state index in [2.05, 4.69) is 0 Å². The number of carbonyl (C=O) groups is 3. The Morgan fingerprint density at radius 3 is 2.36 bits per heavy atom. The second-order valence-electron chi connectivity index (χ2n) is 8.39. The van der Waals surface area contributed by atoms with Gasteiger partial charge in [-0.15, -0.1) is 0 Å². The zero-order chi connectivity index (χ0) is 24.0. The molecule has 1 unspecified atom stereocenters. The van der Waals surface area contributed by atoms with E-state index in [0.29, 0.717) is 45.6 Å². The summed E-state index contributed by atoms with van der Waals surface area (Å²) in [5, 5.41) is 0. The Morgan fingerprint density at radius 1 is 1.06 bits per heavy atom. The van der Waals surface area contributed by atoms with Crippen LogP contribution >= 0.6 is 0 Å². The van der Waals surface area contributed by atoms with Crippen molar-refractivity contribution in [2.24, 2.45) is 5.92 Å². The highest BCUT2D eigenvalue weighted by Gasteiger charge is 2.32. The van der Waals surface area contributed by atoms with Gasteiger partial charge < -0.3 is 14.4 Å². The average Bonchev–Trinajstić information content (AvgIpc) is 2.84. The van der Waals surface area contributed by atoms with Gasteiger partial charge in [0.1, 0.15) is 0 Å². The molecule has 2 saturated heterocycles. The van der Waals surface area contributed by atoms with Crippen LogP contribution < -0.4 is 0 Å². The van der Waals surface area contributed by atoms with Gasteiger partial charge in [0.25, 0.3) is 5.91 Å². The number of carbonyl (C=O) groups excluding carboxylic acids is 3. The second-order valence-corrected chi connectivity index (χ2v) is 10.3. The number of piperidine rings is 2. The summed E-state index contributed by atoms with van der Waals surface area (Å²) >= 11 is 0. The van der Waals surface area contributed by atoms with E-state index in [4.69, 9.17) is 9.47 Å². The van der Waals surface area contributed by atoms with Crippen molar-refractivity contribution in [2.45, 2.75) is 57.0 Å². The van der Waals surface area contributed by atoms with Gasteiger partial charge in [-0.3, -0.25) is 9.59 Å². The van der Waals surface area contributed by atoms with Crippen molar-refractivity contribution in [3.63, 3.8) is 0 Å². The molecule has 1 aromatic rings. The summed E-state index contributed by atoms with van der Waals surface area (Å²) in [5.41, 5.74) is 0.0775. The molecule has 0 radical (unpaired) electrons. The first-order valence-corrected chi connectivity index (χ1v) is 12.9. The maximum atomic E-state index is 12.9. The third-order valence-corrected chi connectivity index (χ3v) is 7.98. The summed E-state index contributed by atoms with van der Waals surface area (Å²) in [6.45, 7) is 5.27. The van der Waals surface area contributed by atoms with E-state index in [0.717, 1.165) is 19.3 Å². The minimum absolute atomic E-state index is 0.0406. The summed E-state index contributed by atoms with van der Waals surface area (Å²) in [7, 11) is -3.68. The van der Waals surface area contributed by atoms with Crippen LogP contribution in [0.1, 0.15) is 56.3 Å². The summed E-state index contributed by atoms with van der Waals surface area (Å²) in [6.07, 6.45) is 2.61. The zero-order valence-electron chi connectivity index (χ0n) is 19.2. The Balaban J connectivity index is 1.59. The molecule has 2 aliphatic heterocycles. The van der Waals surface area contributed by atoms with Gasteiger partial charge in [0.05, 0.1) is 23.0 Å². The predicted molar refractivity (Wildman–Crippen MR) is 120 cm³/mol. The van der Waals surface area contributed by atoms with E-state index in [-0.39, 0.29) is 28.3 Å². The maximum absolute atomic E-state index is 12.9. The molecular formula is C23H32N2O7S. The number of rotatable bonds is 7. The van der Waals surface area contributed by atoms with Crippen molar-refractivity contribution in [1.29, 1.82) is 0 Å². The van der Waals surface area contributed by atoms with Gasteiger partial charge in [0.2, 0.25) is 10.0 Å². The number of benzene rings is 1. The lowest BCUT2D eigenvalue weighted by Crippen LogP contribution is -2.45. The van der Waals surface area contributed by atoms with Gasteiger partial charge in [-0.05, 0) is 57.7 Å². The van der Waals surface area contributed by atoms with Crippen LogP contribution in [0.5, 0.6) is 0 Å². The van der Waals surface area contributed by atoms with E-state index >= 15 is 0 Å². The molecule has 0 N–H and O–H groups in total. The molecule has 2 fully saturated rings. The van der Waals surface area contributed by atoms with Crippen molar-refractivity contribution < 1.29 is 32.3 Å². The van der Waals surface area contributed by atoms with Crippen molar-refractivity contribution in [1.82, 2.24) is 9.21 Å². The fraction of sp³-hybridized carbons (Fsp3) is 0.609. The minimum Gasteiger partial charge on any atom is -0.466 e. The van der Waals surface area contributed by atoms with Crippen LogP contribution in [0.25, 0.3) is 0 Å². The molecule has 0 bridgehead atoms. The van der Waals surface area contributed by atoms with Crippen LogP contribution in [0, 0.1) is 5.92 Å². The highest BCUT2D eigenvalue weighted by atomic mass is 32.2. The number of ether oxygens (including phenoxy) is 2. The molecule has 0 spiro atoms. The zero-order valence-corrected chi connectivity index (χ0v) is 20.0. The summed E-state index contributed by atoms with van der Waals surface area (Å²) < 4.78 is 37.6. The summed E-state index contributed by atoms with van der Waals surface area (Å²) in [5.74, 6) is -1.57. The predicted octanol–water partition coefficient (Wildman–Crippen LogP) is 2.21. The first-order chi connectivity index (χ1) is 15.7. The first kappa shape index (κ1) is 25.2. The van der Waals surface area contributed by atoms with E-state index in [1.165, 1.54) is 35.5 Å². The Hall–Kier alpha value is -2.46. The monoisotopic (exact) mass is 480 g/mol. The number of amides is 1. The van der Waals surface area contributed by atoms with E-state index in [9.17, 15) is 22.8 Å². The maximum Gasteiger partial charge on any atom is 0.338 e. The normalized spacial score (nSPS) is 19.0. The molecule has 182 valence electrons. The van der Waals surface area contributed by atoms with E-state index in [1.54, 1.807) is 11.8 Å². The highest BCUT2D eigenvalue weighted by Crippen LogP contribution is 2.23. The molecule has 0 aromatic heterocycles. The number of likely N-dealkylation sites (tertiary alicyclic amines) is 1. The van der Waals surface area contributed by atoms with Crippen molar-refractivity contribution >= 4 is 27.9 Å². The highest BCUT2D eigenvalue weighted by molar-refractivity contribution is 7.89. The SMILES string of the molecule is CCOC(=O)C1CCN(C(=O)C(C)OC(=O)c2cccc(S(=O)(=O)N3CCCCC3)c2)CC1.